The Morgan fingerprint density at radius 1 is 1.40 bits per heavy atom. The van der Waals surface area contributed by atoms with E-state index >= 15 is 0 Å². The first-order chi connectivity index (χ1) is 9.35. The zero-order chi connectivity index (χ0) is 14.8. The zero-order valence-electron chi connectivity index (χ0n) is 13.4. The van der Waals surface area contributed by atoms with Crippen LogP contribution in [0.2, 0.25) is 0 Å². The average molecular weight is 268 g/mol. The van der Waals surface area contributed by atoms with Gasteiger partial charge in [-0.1, -0.05) is 51.9 Å². The number of nitrogens with one attached hydrogen (secondary N) is 1. The smallest absolute Gasteiger partial charge is 0.146 e. The molecule has 20 heavy (non-hydrogen) atoms. The van der Waals surface area contributed by atoms with E-state index in [1.54, 1.807) is 0 Å². The Morgan fingerprint density at radius 3 is 2.85 bits per heavy atom. The number of allylic oxidation sites excluding steroid dienone is 1. The topological polar surface area (TPSA) is 12.0 Å². The van der Waals surface area contributed by atoms with E-state index < -0.39 is 0 Å². The van der Waals surface area contributed by atoms with Gasteiger partial charge in [-0.3, -0.25) is 0 Å². The van der Waals surface area contributed by atoms with E-state index in [4.69, 9.17) is 0 Å². The van der Waals surface area contributed by atoms with Crippen molar-refractivity contribution in [2.24, 2.45) is 5.41 Å². The molecule has 0 amide bonds. The first-order valence-corrected chi connectivity index (χ1v) is 7.70. The van der Waals surface area contributed by atoms with Gasteiger partial charge in [0.1, 0.15) is 7.28 Å². The van der Waals surface area contributed by atoms with Crippen molar-refractivity contribution < 1.29 is 0 Å². The summed E-state index contributed by atoms with van der Waals surface area (Å²) in [7, 11) is 2.40. The third-order valence-corrected chi connectivity index (χ3v) is 4.12. The van der Waals surface area contributed by atoms with Crippen molar-refractivity contribution in [2.75, 3.05) is 0 Å². The summed E-state index contributed by atoms with van der Waals surface area (Å²) < 4.78 is 0. The Bertz CT molecular complexity index is 485. The fourth-order valence-corrected chi connectivity index (χ4v) is 2.80. The van der Waals surface area contributed by atoms with Gasteiger partial charge in [0.2, 0.25) is 0 Å². The van der Waals surface area contributed by atoms with Gasteiger partial charge < -0.3 is 5.32 Å². The second-order valence-corrected chi connectivity index (χ2v) is 7.27. The maximum absolute atomic E-state index is 4.19. The summed E-state index contributed by atoms with van der Waals surface area (Å²) in [5.41, 5.74) is 5.99. The summed E-state index contributed by atoms with van der Waals surface area (Å²) in [6, 6.07) is 6.65. The monoisotopic (exact) mass is 268 g/mol. The van der Waals surface area contributed by atoms with Crippen LogP contribution in [0.1, 0.15) is 50.3 Å². The van der Waals surface area contributed by atoms with Crippen LogP contribution < -0.4 is 5.32 Å². The maximum Gasteiger partial charge on any atom is 0.146 e. The summed E-state index contributed by atoms with van der Waals surface area (Å²) >= 11 is 0. The molecule has 1 aromatic carbocycles. The molecule has 2 heteroatoms. The van der Waals surface area contributed by atoms with E-state index in [2.05, 4.69) is 65.1 Å². The molecule has 0 spiro atoms. The number of hydrogen-bond acceptors (Lipinski definition) is 1. The minimum absolute atomic E-state index is 0.380. The minimum Gasteiger partial charge on any atom is -0.394 e. The third kappa shape index (κ3) is 4.16. The van der Waals surface area contributed by atoms with Crippen LogP contribution >= 0.6 is 0 Å². The lowest BCUT2D eigenvalue weighted by atomic mass is 9.57. The van der Waals surface area contributed by atoms with Crippen LogP contribution in [0.5, 0.6) is 0 Å². The lowest BCUT2D eigenvalue weighted by Gasteiger charge is -2.28. The molecule has 1 heterocycles. The van der Waals surface area contributed by atoms with Gasteiger partial charge in [0, 0.05) is 5.70 Å². The van der Waals surface area contributed by atoms with Crippen molar-refractivity contribution in [3.8, 4) is 0 Å². The van der Waals surface area contributed by atoms with Gasteiger partial charge in [-0.25, -0.2) is 0 Å². The molecule has 107 valence electrons. The van der Waals surface area contributed by atoms with Gasteiger partial charge in [-0.15, -0.1) is 0 Å². The molecule has 1 unspecified atom stereocenters. The van der Waals surface area contributed by atoms with Crippen molar-refractivity contribution in [1.29, 1.82) is 0 Å². The van der Waals surface area contributed by atoms with Crippen molar-refractivity contribution in [1.82, 2.24) is 5.32 Å². The quantitative estimate of drug-likeness (QED) is 0.813. The van der Waals surface area contributed by atoms with Crippen LogP contribution in [-0.2, 0) is 12.7 Å². The van der Waals surface area contributed by atoms with Crippen LogP contribution in [0.3, 0.4) is 0 Å². The van der Waals surface area contributed by atoms with E-state index in [1.165, 1.54) is 28.8 Å². The highest BCUT2D eigenvalue weighted by Gasteiger charge is 2.21. The van der Waals surface area contributed by atoms with Gasteiger partial charge in [0.05, 0.1) is 0 Å². The molecular weight excluding hydrogens is 241 g/mol. The molecule has 0 aromatic heterocycles. The Hall–Kier alpha value is -1.18. The van der Waals surface area contributed by atoms with Crippen molar-refractivity contribution in [2.45, 2.75) is 59.2 Å². The minimum atomic E-state index is 0.380. The lowest BCUT2D eigenvalue weighted by molar-refractivity contribution is 0.373. The molecular formula is C18H27BN. The summed E-state index contributed by atoms with van der Waals surface area (Å²) in [5, 5.41) is 3.60. The fraction of sp³-hybridized carbons (Fsp3) is 0.556. The number of aryl methyl sites for hydroxylation is 1. The molecule has 1 aromatic rings. The zero-order valence-corrected chi connectivity index (χ0v) is 13.4. The van der Waals surface area contributed by atoms with Gasteiger partial charge in [0.15, 0.2) is 0 Å². The number of benzene rings is 1. The summed E-state index contributed by atoms with van der Waals surface area (Å²) in [5.74, 6) is 0.441. The van der Waals surface area contributed by atoms with E-state index in [0.717, 1.165) is 19.2 Å². The maximum atomic E-state index is 4.19. The number of hydrogen-bond donors (Lipinski definition) is 1. The standard InChI is InChI=1S/C18H27BN/c1-13-7-6-8-15-11-17(19-12-16(13)15)20-14(2)9-10-18(3,4)5/h6-8,17,20H,2,9-12H2,1,3-5H3. The molecule has 1 aliphatic rings. The molecule has 1 radical (unpaired) electrons. The molecule has 1 nitrogen and oxygen atoms in total. The molecule has 0 bridgehead atoms. The molecule has 1 N–H and O–H groups in total. The SMILES string of the molecule is C=C(CCC(C)(C)C)NC1[B]Cc2c(C)cccc2C1. The third-order valence-electron chi connectivity index (χ3n) is 4.12. The highest BCUT2D eigenvalue weighted by atomic mass is 14.9. The van der Waals surface area contributed by atoms with Gasteiger partial charge >= 0.3 is 0 Å². The fourth-order valence-electron chi connectivity index (χ4n) is 2.80. The Balaban J connectivity index is 1.89. The molecule has 0 aliphatic carbocycles. The predicted molar refractivity (Wildman–Crippen MR) is 89.1 cm³/mol. The Morgan fingerprint density at radius 2 is 2.15 bits per heavy atom. The second kappa shape index (κ2) is 6.07. The normalized spacial score (nSPS) is 18.1. The average Bonchev–Trinajstić information content (AvgIpc) is 2.36. The molecule has 1 aliphatic heterocycles. The van der Waals surface area contributed by atoms with E-state index in [-0.39, 0.29) is 0 Å². The molecule has 2 rings (SSSR count). The summed E-state index contributed by atoms with van der Waals surface area (Å²) in [4.78, 5) is 0. The Labute approximate surface area is 125 Å². The van der Waals surface area contributed by atoms with Crippen LogP contribution in [0, 0.1) is 12.3 Å². The molecule has 1 atom stereocenters. The van der Waals surface area contributed by atoms with Gasteiger partial charge in [-0.05, 0) is 54.2 Å². The summed E-state index contributed by atoms with van der Waals surface area (Å²) in [6.07, 6.45) is 4.41. The van der Waals surface area contributed by atoms with Crippen molar-refractivity contribution in [3.05, 3.63) is 47.2 Å². The van der Waals surface area contributed by atoms with Crippen molar-refractivity contribution >= 4 is 7.28 Å². The second-order valence-electron chi connectivity index (χ2n) is 7.27. The largest absolute Gasteiger partial charge is 0.394 e. The van der Waals surface area contributed by atoms with Crippen molar-refractivity contribution in [3.63, 3.8) is 0 Å². The van der Waals surface area contributed by atoms with E-state index in [0.29, 0.717) is 11.4 Å². The summed E-state index contributed by atoms with van der Waals surface area (Å²) in [6.45, 7) is 13.3. The number of fused-ring (bicyclic) bond motifs is 1. The highest BCUT2D eigenvalue weighted by molar-refractivity contribution is 6.38. The van der Waals surface area contributed by atoms with Crippen LogP contribution in [0.25, 0.3) is 0 Å². The van der Waals surface area contributed by atoms with Crippen LogP contribution in [0.4, 0.5) is 0 Å². The van der Waals surface area contributed by atoms with E-state index in [1.807, 2.05) is 0 Å². The Kier molecular flexibility index (Phi) is 4.62. The predicted octanol–water partition coefficient (Wildman–Crippen LogP) is 4.01. The molecule has 0 saturated heterocycles. The van der Waals surface area contributed by atoms with Crippen LogP contribution in [-0.4, -0.2) is 13.2 Å². The van der Waals surface area contributed by atoms with E-state index in [9.17, 15) is 0 Å². The number of rotatable bonds is 4. The van der Waals surface area contributed by atoms with Crippen LogP contribution in [0.15, 0.2) is 30.5 Å². The first kappa shape index (κ1) is 15.2. The lowest BCUT2D eigenvalue weighted by Crippen LogP contribution is -2.40. The highest BCUT2D eigenvalue weighted by Crippen LogP contribution is 2.24. The first-order valence-electron chi connectivity index (χ1n) is 7.70. The van der Waals surface area contributed by atoms with Gasteiger partial charge in [0.25, 0.3) is 0 Å². The molecule has 0 fully saturated rings. The van der Waals surface area contributed by atoms with Gasteiger partial charge in [-0.2, -0.15) is 0 Å². The molecule has 0 saturated carbocycles.